The van der Waals surface area contributed by atoms with Crippen molar-refractivity contribution in [2.75, 3.05) is 27.2 Å². The molecule has 1 N–H and O–H groups in total. The van der Waals surface area contributed by atoms with E-state index in [1.807, 2.05) is 7.05 Å². The van der Waals surface area contributed by atoms with Crippen molar-refractivity contribution in [3.63, 3.8) is 0 Å². The summed E-state index contributed by atoms with van der Waals surface area (Å²) in [6.45, 7) is 0.649. The van der Waals surface area contributed by atoms with Crippen LogP contribution in [0.2, 0.25) is 0 Å². The summed E-state index contributed by atoms with van der Waals surface area (Å²) in [6, 6.07) is 3.81. The first kappa shape index (κ1) is 16.9. The number of ether oxygens (including phenoxy) is 1. The highest BCUT2D eigenvalue weighted by atomic mass is 32.2. The molecule has 1 aromatic carbocycles. The Balaban J connectivity index is 2.38. The lowest BCUT2D eigenvalue weighted by atomic mass is 10.1. The zero-order valence-electron chi connectivity index (χ0n) is 12.5. The van der Waals surface area contributed by atoms with Crippen LogP contribution in [0.3, 0.4) is 0 Å². The Kier molecular flexibility index (Phi) is 5.15. The smallest absolute Gasteiger partial charge is 0.342 e. The Morgan fingerprint density at radius 1 is 1.36 bits per heavy atom. The first-order chi connectivity index (χ1) is 10.4. The molecule has 0 radical (unpaired) electrons. The van der Waals surface area contributed by atoms with Gasteiger partial charge in [-0.2, -0.15) is 4.31 Å². The van der Waals surface area contributed by atoms with Crippen molar-refractivity contribution >= 4 is 16.0 Å². The van der Waals surface area contributed by atoms with Crippen LogP contribution in [0, 0.1) is 5.82 Å². The highest BCUT2D eigenvalue weighted by Gasteiger charge is 2.33. The van der Waals surface area contributed by atoms with E-state index >= 15 is 0 Å². The van der Waals surface area contributed by atoms with E-state index in [4.69, 9.17) is 0 Å². The second-order valence-electron chi connectivity index (χ2n) is 5.07. The number of nitrogens with one attached hydrogen (secondary N) is 1. The number of benzene rings is 1. The summed E-state index contributed by atoms with van der Waals surface area (Å²) in [7, 11) is -1.02. The largest absolute Gasteiger partial charge is 0.465 e. The first-order valence-corrected chi connectivity index (χ1v) is 8.40. The predicted molar refractivity (Wildman–Crippen MR) is 78.6 cm³/mol. The van der Waals surface area contributed by atoms with Crippen LogP contribution in [-0.2, 0) is 14.8 Å². The van der Waals surface area contributed by atoms with Crippen LogP contribution in [-0.4, -0.2) is 52.0 Å². The molecule has 1 aliphatic heterocycles. The molecule has 122 valence electrons. The molecule has 1 aliphatic rings. The fraction of sp³-hybridized carbons (Fsp3) is 0.500. The molecule has 0 unspecified atom stereocenters. The van der Waals surface area contributed by atoms with E-state index in [2.05, 4.69) is 10.1 Å². The number of hydrogen-bond acceptors (Lipinski definition) is 5. The van der Waals surface area contributed by atoms with Crippen molar-refractivity contribution in [3.05, 3.63) is 29.6 Å². The van der Waals surface area contributed by atoms with E-state index in [0.717, 1.165) is 13.2 Å². The maximum Gasteiger partial charge on any atom is 0.342 e. The molecule has 0 aliphatic carbocycles. The second-order valence-corrected chi connectivity index (χ2v) is 6.98. The molecule has 6 nitrogen and oxygen atoms in total. The Labute approximate surface area is 129 Å². The Morgan fingerprint density at radius 3 is 2.55 bits per heavy atom. The molecule has 0 spiro atoms. The maximum absolute atomic E-state index is 13.9. The molecule has 1 heterocycles. The maximum atomic E-state index is 13.9. The van der Waals surface area contributed by atoms with Gasteiger partial charge in [0.1, 0.15) is 11.4 Å². The van der Waals surface area contributed by atoms with E-state index in [1.165, 1.54) is 16.4 Å². The van der Waals surface area contributed by atoms with Crippen LogP contribution in [0.1, 0.15) is 23.2 Å². The Hall–Kier alpha value is -1.51. The van der Waals surface area contributed by atoms with Crippen molar-refractivity contribution in [1.82, 2.24) is 9.62 Å². The molecule has 22 heavy (non-hydrogen) atoms. The van der Waals surface area contributed by atoms with E-state index in [0.29, 0.717) is 25.9 Å². The van der Waals surface area contributed by atoms with Crippen molar-refractivity contribution in [2.45, 2.75) is 23.8 Å². The number of esters is 1. The zero-order chi connectivity index (χ0) is 16.3. The highest BCUT2D eigenvalue weighted by Crippen LogP contribution is 2.25. The van der Waals surface area contributed by atoms with Crippen molar-refractivity contribution in [1.29, 1.82) is 0 Å². The van der Waals surface area contributed by atoms with Gasteiger partial charge in [-0.1, -0.05) is 6.07 Å². The van der Waals surface area contributed by atoms with Crippen LogP contribution in [0.4, 0.5) is 4.39 Å². The van der Waals surface area contributed by atoms with Gasteiger partial charge >= 0.3 is 5.97 Å². The predicted octanol–water partition coefficient (Wildman–Crippen LogP) is 0.985. The van der Waals surface area contributed by atoms with Gasteiger partial charge in [-0.05, 0) is 32.0 Å². The van der Waals surface area contributed by atoms with Gasteiger partial charge in [0.2, 0.25) is 10.0 Å². The molecular weight excluding hydrogens is 311 g/mol. The lowest BCUT2D eigenvalue weighted by molar-refractivity contribution is 0.0590. The minimum Gasteiger partial charge on any atom is -0.465 e. The lowest BCUT2D eigenvalue weighted by Gasteiger charge is -2.31. The number of carbonyl (C=O) groups is 1. The third-order valence-corrected chi connectivity index (χ3v) is 5.79. The summed E-state index contributed by atoms with van der Waals surface area (Å²) in [5, 5.41) is 3.11. The summed E-state index contributed by atoms with van der Waals surface area (Å²) in [6.07, 6.45) is 1.33. The van der Waals surface area contributed by atoms with Crippen LogP contribution in [0.15, 0.2) is 23.1 Å². The van der Waals surface area contributed by atoms with E-state index < -0.39 is 27.4 Å². The van der Waals surface area contributed by atoms with Crippen molar-refractivity contribution < 1.29 is 22.3 Å². The number of piperidine rings is 1. The molecule has 1 aromatic rings. The summed E-state index contributed by atoms with van der Waals surface area (Å²) in [5.41, 5.74) is -0.541. The van der Waals surface area contributed by atoms with Gasteiger partial charge in [0.15, 0.2) is 0 Å². The zero-order valence-corrected chi connectivity index (χ0v) is 13.3. The SMILES string of the molecule is CNC1CCN(S(=O)(=O)c2cccc(F)c2C(=O)OC)CC1. The number of nitrogens with zero attached hydrogens (tertiary/aromatic N) is 1. The van der Waals surface area contributed by atoms with Gasteiger partial charge in [0.25, 0.3) is 0 Å². The van der Waals surface area contributed by atoms with Crippen LogP contribution in [0.5, 0.6) is 0 Å². The molecule has 2 rings (SSSR count). The van der Waals surface area contributed by atoms with Gasteiger partial charge in [-0.3, -0.25) is 0 Å². The normalized spacial score (nSPS) is 17.4. The number of carbonyl (C=O) groups excluding carboxylic acids is 1. The molecule has 0 amide bonds. The average Bonchev–Trinajstić information content (AvgIpc) is 2.54. The van der Waals surface area contributed by atoms with Gasteiger partial charge in [-0.25, -0.2) is 17.6 Å². The highest BCUT2D eigenvalue weighted by molar-refractivity contribution is 7.89. The van der Waals surface area contributed by atoms with Gasteiger partial charge in [0.05, 0.1) is 12.0 Å². The molecule has 0 aromatic heterocycles. The minimum atomic E-state index is -3.94. The molecule has 0 saturated carbocycles. The summed E-state index contributed by atoms with van der Waals surface area (Å²) in [4.78, 5) is 11.4. The van der Waals surface area contributed by atoms with E-state index in [9.17, 15) is 17.6 Å². The molecule has 0 atom stereocenters. The van der Waals surface area contributed by atoms with Crippen LogP contribution >= 0.6 is 0 Å². The number of rotatable bonds is 4. The van der Waals surface area contributed by atoms with E-state index in [-0.39, 0.29) is 10.9 Å². The summed E-state index contributed by atoms with van der Waals surface area (Å²) < 4.78 is 45.1. The van der Waals surface area contributed by atoms with Gasteiger partial charge in [0, 0.05) is 19.1 Å². The van der Waals surface area contributed by atoms with Crippen molar-refractivity contribution in [2.24, 2.45) is 0 Å². The number of hydrogen-bond donors (Lipinski definition) is 1. The van der Waals surface area contributed by atoms with Gasteiger partial charge in [-0.15, -0.1) is 0 Å². The molecule has 1 fully saturated rings. The topological polar surface area (TPSA) is 75.7 Å². The summed E-state index contributed by atoms with van der Waals surface area (Å²) >= 11 is 0. The minimum absolute atomic E-state index is 0.263. The monoisotopic (exact) mass is 330 g/mol. The first-order valence-electron chi connectivity index (χ1n) is 6.96. The van der Waals surface area contributed by atoms with Crippen LogP contribution < -0.4 is 5.32 Å². The lowest BCUT2D eigenvalue weighted by Crippen LogP contribution is -2.44. The van der Waals surface area contributed by atoms with Gasteiger partial charge < -0.3 is 10.1 Å². The third kappa shape index (κ3) is 3.13. The number of methoxy groups -OCH3 is 1. The second kappa shape index (κ2) is 6.72. The standard InChI is InChI=1S/C14H19FN2O4S/c1-16-10-6-8-17(9-7-10)22(19,20)12-5-3-4-11(15)13(12)14(18)21-2/h3-5,10,16H,6-9H2,1-2H3. The summed E-state index contributed by atoms with van der Waals surface area (Å²) in [5.74, 6) is -1.90. The van der Waals surface area contributed by atoms with E-state index in [1.54, 1.807) is 0 Å². The Morgan fingerprint density at radius 2 is 2.00 bits per heavy atom. The molecule has 1 saturated heterocycles. The van der Waals surface area contributed by atoms with Crippen LogP contribution in [0.25, 0.3) is 0 Å². The fourth-order valence-corrected chi connectivity index (χ4v) is 4.20. The Bertz CT molecular complexity index is 655. The fourth-order valence-electron chi connectivity index (χ4n) is 2.54. The quantitative estimate of drug-likeness (QED) is 0.833. The number of sulfonamides is 1. The molecule has 0 bridgehead atoms. The third-order valence-electron chi connectivity index (χ3n) is 3.84. The molecular formula is C14H19FN2O4S. The number of halogens is 1. The molecule has 8 heteroatoms. The van der Waals surface area contributed by atoms with Crippen molar-refractivity contribution in [3.8, 4) is 0 Å². The average molecular weight is 330 g/mol.